The van der Waals surface area contributed by atoms with Gasteiger partial charge in [-0.25, -0.2) is 4.98 Å². The third-order valence-corrected chi connectivity index (χ3v) is 10.7. The highest BCUT2D eigenvalue weighted by Crippen LogP contribution is 2.32. The summed E-state index contributed by atoms with van der Waals surface area (Å²) >= 11 is 4.15. The summed E-state index contributed by atoms with van der Waals surface area (Å²) < 4.78 is 1.68. The van der Waals surface area contributed by atoms with Gasteiger partial charge in [0.1, 0.15) is 0 Å². The van der Waals surface area contributed by atoms with Gasteiger partial charge in [-0.3, -0.25) is 14.4 Å². The van der Waals surface area contributed by atoms with Crippen LogP contribution in [0.2, 0.25) is 0 Å². The molecule has 0 aliphatic rings. The Labute approximate surface area is 285 Å². The van der Waals surface area contributed by atoms with E-state index < -0.39 is 5.25 Å². The zero-order chi connectivity index (χ0) is 32.6. The zero-order valence-electron chi connectivity index (χ0n) is 25.5. The van der Waals surface area contributed by atoms with E-state index >= 15 is 0 Å². The van der Waals surface area contributed by atoms with Crippen LogP contribution in [0.3, 0.4) is 0 Å². The smallest absolute Gasteiger partial charge is 0.237 e. The molecule has 0 aliphatic heterocycles. The molecule has 1 atom stereocenters. The number of thiazole rings is 1. The predicted octanol–water partition coefficient (Wildman–Crippen LogP) is 8.15. The lowest BCUT2D eigenvalue weighted by Crippen LogP contribution is -2.30. The fourth-order valence-electron chi connectivity index (χ4n) is 5.06. The van der Waals surface area contributed by atoms with Crippen LogP contribution >= 0.6 is 34.9 Å². The van der Waals surface area contributed by atoms with Gasteiger partial charge in [0.15, 0.2) is 4.34 Å². The van der Waals surface area contributed by atoms with Crippen molar-refractivity contribution < 1.29 is 14.4 Å². The molecule has 6 rings (SSSR count). The van der Waals surface area contributed by atoms with Crippen LogP contribution in [0.5, 0.6) is 0 Å². The zero-order valence-corrected chi connectivity index (χ0v) is 28.0. The number of fused-ring (bicyclic) bond motifs is 2. The third-order valence-electron chi connectivity index (χ3n) is 7.43. The maximum atomic E-state index is 13.0. The Kier molecular flexibility index (Phi) is 10.5. The van der Waals surface area contributed by atoms with Crippen molar-refractivity contribution in [1.82, 2.24) is 10.3 Å². The van der Waals surface area contributed by atoms with Crippen molar-refractivity contribution in [2.24, 2.45) is 0 Å². The van der Waals surface area contributed by atoms with E-state index in [1.54, 1.807) is 6.92 Å². The van der Waals surface area contributed by atoms with E-state index in [1.807, 2.05) is 121 Å². The van der Waals surface area contributed by atoms with Crippen LogP contribution in [0.4, 0.5) is 11.4 Å². The second kappa shape index (κ2) is 15.3. The van der Waals surface area contributed by atoms with Crippen molar-refractivity contribution in [3.8, 4) is 0 Å². The molecule has 0 bridgehead atoms. The fraction of sp³-hybridized carbons (Fsp3) is 0.135. The van der Waals surface area contributed by atoms with E-state index in [9.17, 15) is 14.4 Å². The van der Waals surface area contributed by atoms with Gasteiger partial charge in [0.05, 0.1) is 33.0 Å². The Balaban J connectivity index is 1.01. The van der Waals surface area contributed by atoms with Crippen LogP contribution in [0.15, 0.2) is 126 Å². The highest BCUT2D eigenvalue weighted by molar-refractivity contribution is 8.01. The molecule has 1 aromatic heterocycles. The van der Waals surface area contributed by atoms with Crippen molar-refractivity contribution in [3.05, 3.63) is 132 Å². The quantitative estimate of drug-likeness (QED) is 0.113. The number of rotatable bonds is 12. The number of benzene rings is 5. The Morgan fingerprint density at radius 2 is 1.43 bits per heavy atom. The number of aromatic nitrogens is 1. The van der Waals surface area contributed by atoms with Gasteiger partial charge in [0, 0.05) is 16.8 Å². The van der Waals surface area contributed by atoms with Crippen LogP contribution in [0, 0.1) is 0 Å². The molecule has 0 fully saturated rings. The first-order valence-electron chi connectivity index (χ1n) is 15.1. The summed E-state index contributed by atoms with van der Waals surface area (Å²) in [6.07, 6.45) is 0. The van der Waals surface area contributed by atoms with E-state index in [0.29, 0.717) is 5.69 Å². The summed E-state index contributed by atoms with van der Waals surface area (Å²) in [7, 11) is 0. The molecule has 236 valence electrons. The summed E-state index contributed by atoms with van der Waals surface area (Å²) in [5.41, 5.74) is 4.24. The number of thioether (sulfide) groups is 2. The molecule has 1 heterocycles. The normalized spacial score (nSPS) is 11.8. The minimum atomic E-state index is -0.439. The van der Waals surface area contributed by atoms with Crippen LogP contribution in [-0.2, 0) is 14.4 Å². The Morgan fingerprint density at radius 1 is 0.745 bits per heavy atom. The van der Waals surface area contributed by atoms with Crippen molar-refractivity contribution in [1.29, 1.82) is 0 Å². The summed E-state index contributed by atoms with van der Waals surface area (Å²) in [5, 5.41) is 10.7. The Hall–Kier alpha value is -4.64. The second-order valence-electron chi connectivity index (χ2n) is 10.8. The topological polar surface area (TPSA) is 100 Å². The van der Waals surface area contributed by atoms with Crippen molar-refractivity contribution >= 4 is 84.9 Å². The molecular formula is C37H32N4O3S3. The number of carbonyl (C=O) groups excluding carboxylic acids is 3. The number of hydrogen-bond donors (Lipinski definition) is 3. The number of hydrogen-bond acceptors (Lipinski definition) is 7. The van der Waals surface area contributed by atoms with Crippen LogP contribution in [0.1, 0.15) is 24.1 Å². The minimum absolute atomic E-state index is 0.0859. The molecule has 10 heteroatoms. The minimum Gasteiger partial charge on any atom is -0.344 e. The van der Waals surface area contributed by atoms with Gasteiger partial charge in [-0.15, -0.1) is 23.1 Å². The first kappa shape index (κ1) is 32.3. The van der Waals surface area contributed by atoms with Gasteiger partial charge < -0.3 is 16.0 Å². The molecule has 0 aliphatic carbocycles. The van der Waals surface area contributed by atoms with Gasteiger partial charge >= 0.3 is 0 Å². The fourth-order valence-corrected chi connectivity index (χ4v) is 7.67. The highest BCUT2D eigenvalue weighted by Gasteiger charge is 2.19. The third kappa shape index (κ3) is 8.40. The van der Waals surface area contributed by atoms with Crippen LogP contribution in [-0.4, -0.2) is 39.5 Å². The number of carbonyl (C=O) groups is 3. The summed E-state index contributed by atoms with van der Waals surface area (Å²) in [4.78, 5) is 43.3. The van der Waals surface area contributed by atoms with Gasteiger partial charge in [-0.1, -0.05) is 109 Å². The van der Waals surface area contributed by atoms with Crippen LogP contribution < -0.4 is 16.0 Å². The molecule has 0 spiro atoms. The second-order valence-corrected chi connectivity index (χ2v) is 14.4. The maximum absolute atomic E-state index is 13.0. The summed E-state index contributed by atoms with van der Waals surface area (Å²) in [6.45, 7) is 1.79. The molecule has 6 aromatic rings. The van der Waals surface area contributed by atoms with Gasteiger partial charge in [-0.2, -0.15) is 0 Å². The molecule has 5 aromatic carbocycles. The van der Waals surface area contributed by atoms with Crippen LogP contribution in [0.25, 0.3) is 21.0 Å². The molecule has 0 saturated carbocycles. The average Bonchev–Trinajstić information content (AvgIpc) is 3.52. The molecule has 0 radical (unpaired) electrons. The number of nitrogens with one attached hydrogen (secondary N) is 3. The number of amides is 3. The predicted molar refractivity (Wildman–Crippen MR) is 196 cm³/mol. The summed E-state index contributed by atoms with van der Waals surface area (Å²) in [5.74, 6) is -0.0576. The highest BCUT2D eigenvalue weighted by atomic mass is 32.2. The molecule has 3 amide bonds. The van der Waals surface area contributed by atoms with Gasteiger partial charge in [0.25, 0.3) is 0 Å². The maximum Gasteiger partial charge on any atom is 0.237 e. The molecular weight excluding hydrogens is 645 g/mol. The monoisotopic (exact) mass is 676 g/mol. The summed E-state index contributed by atoms with van der Waals surface area (Å²) in [6, 6.07) is 38.8. The first-order chi connectivity index (χ1) is 22.9. The Bertz CT molecular complexity index is 1970. The van der Waals surface area contributed by atoms with Gasteiger partial charge in [0.2, 0.25) is 17.7 Å². The lowest BCUT2D eigenvalue weighted by Gasteiger charge is -2.19. The largest absolute Gasteiger partial charge is 0.344 e. The SMILES string of the molecule is C[C@H](SCC(=O)Nc1cccc2ccccc12)C(=O)Nc1ccc2nc(SCC(=O)NC(c3ccccc3)c3ccccc3)sc2c1. The molecule has 47 heavy (non-hydrogen) atoms. The van der Waals surface area contributed by atoms with E-state index in [1.165, 1.54) is 34.9 Å². The average molecular weight is 677 g/mol. The molecule has 7 nitrogen and oxygen atoms in total. The molecule has 0 saturated heterocycles. The first-order valence-corrected chi connectivity index (χ1v) is 17.9. The number of nitrogens with zero attached hydrogens (tertiary/aromatic N) is 1. The van der Waals surface area contributed by atoms with Crippen molar-refractivity contribution in [2.45, 2.75) is 22.6 Å². The van der Waals surface area contributed by atoms with E-state index in [0.717, 1.165) is 42.1 Å². The van der Waals surface area contributed by atoms with E-state index in [-0.39, 0.29) is 35.3 Å². The standard InChI is InChI=1S/C37H32N4O3S3/c1-24(45-22-33(42)39-30-18-10-16-25-11-8-9-17-29(25)30)36(44)38-28-19-20-31-32(21-28)47-37(40-31)46-23-34(43)41-35(26-12-4-2-5-13-26)27-14-6-3-7-15-27/h2-21,24,35H,22-23H2,1H3,(H,38,44)(H,39,42)(H,41,43)/t24-/m0/s1. The lowest BCUT2D eigenvalue weighted by molar-refractivity contribution is -0.119. The Morgan fingerprint density at radius 3 is 2.17 bits per heavy atom. The number of anilines is 2. The molecule has 0 unspecified atom stereocenters. The molecule has 3 N–H and O–H groups in total. The van der Waals surface area contributed by atoms with Crippen molar-refractivity contribution in [3.63, 3.8) is 0 Å². The van der Waals surface area contributed by atoms with E-state index in [4.69, 9.17) is 0 Å². The lowest BCUT2D eigenvalue weighted by atomic mass is 9.99. The van der Waals surface area contributed by atoms with E-state index in [2.05, 4.69) is 20.9 Å². The van der Waals surface area contributed by atoms with Crippen molar-refractivity contribution in [2.75, 3.05) is 22.1 Å². The van der Waals surface area contributed by atoms with Gasteiger partial charge in [-0.05, 0) is 47.7 Å².